The highest BCUT2D eigenvalue weighted by Crippen LogP contribution is 2.31. The van der Waals surface area contributed by atoms with Crippen LogP contribution in [0.25, 0.3) is 0 Å². The van der Waals surface area contributed by atoms with E-state index >= 15 is 0 Å². The van der Waals surface area contributed by atoms with Gasteiger partial charge in [-0.3, -0.25) is 4.79 Å². The molecule has 1 fully saturated rings. The van der Waals surface area contributed by atoms with E-state index in [2.05, 4.69) is 4.98 Å². The molecule has 0 N–H and O–H groups in total. The van der Waals surface area contributed by atoms with Crippen molar-refractivity contribution < 1.29 is 13.2 Å². The Kier molecular flexibility index (Phi) is 3.12. The number of rotatable bonds is 2. The van der Waals surface area contributed by atoms with Crippen LogP contribution < -0.4 is 0 Å². The first-order valence-corrected chi connectivity index (χ1v) is 7.78. The molecule has 1 saturated heterocycles. The van der Waals surface area contributed by atoms with E-state index in [1.54, 1.807) is 6.92 Å². The van der Waals surface area contributed by atoms with Crippen LogP contribution in [-0.2, 0) is 9.84 Å². The highest BCUT2D eigenvalue weighted by Gasteiger charge is 2.28. The van der Waals surface area contributed by atoms with Crippen molar-refractivity contribution in [2.24, 2.45) is 0 Å². The van der Waals surface area contributed by atoms with Gasteiger partial charge in [0.05, 0.1) is 27.1 Å². The summed E-state index contributed by atoms with van der Waals surface area (Å²) < 4.78 is 23.0. The number of aryl methyl sites for hydroxylation is 1. The first kappa shape index (κ1) is 11.7. The molecule has 1 aromatic rings. The lowest BCUT2D eigenvalue weighted by atomic mass is 10.1. The van der Waals surface area contributed by atoms with Gasteiger partial charge in [0.2, 0.25) is 0 Å². The van der Waals surface area contributed by atoms with Crippen molar-refractivity contribution >= 4 is 27.5 Å². The minimum atomic E-state index is -2.91. The Balaban J connectivity index is 2.27. The summed E-state index contributed by atoms with van der Waals surface area (Å²) in [7, 11) is -2.91. The lowest BCUT2D eigenvalue weighted by molar-refractivity contribution is 0.112. The summed E-state index contributed by atoms with van der Waals surface area (Å²) in [5, 5.41) is 0.794. The molecular formula is C10H13NO3S2. The first-order valence-electron chi connectivity index (χ1n) is 5.15. The molecule has 0 radical (unpaired) electrons. The monoisotopic (exact) mass is 259 g/mol. The molecule has 0 aliphatic carbocycles. The summed E-state index contributed by atoms with van der Waals surface area (Å²) in [5.74, 6) is 0.447. The summed E-state index contributed by atoms with van der Waals surface area (Å²) in [5.41, 5.74) is 0.706. The Morgan fingerprint density at radius 2 is 2.25 bits per heavy atom. The van der Waals surface area contributed by atoms with Crippen molar-refractivity contribution in [2.75, 3.05) is 11.5 Å². The molecule has 0 bridgehead atoms. The number of carbonyl (C=O) groups excluding carboxylic acids is 1. The zero-order chi connectivity index (χ0) is 11.8. The van der Waals surface area contributed by atoms with E-state index in [0.29, 0.717) is 17.0 Å². The third kappa shape index (κ3) is 2.32. The third-order valence-electron chi connectivity index (χ3n) is 2.77. The average molecular weight is 259 g/mol. The molecule has 16 heavy (non-hydrogen) atoms. The van der Waals surface area contributed by atoms with Crippen LogP contribution in [0.1, 0.15) is 39.1 Å². The molecule has 1 atom stereocenters. The van der Waals surface area contributed by atoms with E-state index in [1.807, 2.05) is 0 Å². The fraction of sp³-hybridized carbons (Fsp3) is 0.600. The van der Waals surface area contributed by atoms with Gasteiger partial charge in [-0.25, -0.2) is 13.4 Å². The van der Waals surface area contributed by atoms with Crippen LogP contribution >= 0.6 is 11.3 Å². The summed E-state index contributed by atoms with van der Waals surface area (Å²) in [6.07, 6.45) is 2.33. The largest absolute Gasteiger partial charge is 0.297 e. The number of aldehydes is 1. The lowest BCUT2D eigenvalue weighted by Gasteiger charge is -2.19. The van der Waals surface area contributed by atoms with Crippen molar-refractivity contribution in [1.82, 2.24) is 4.98 Å². The molecular weight excluding hydrogens is 246 g/mol. The fourth-order valence-corrected chi connectivity index (χ4v) is 4.76. The SMILES string of the molecule is Cc1nc(C2CCCS(=O)(=O)C2)sc1C=O. The van der Waals surface area contributed by atoms with E-state index in [-0.39, 0.29) is 17.4 Å². The maximum Gasteiger partial charge on any atom is 0.161 e. The number of aromatic nitrogens is 1. The van der Waals surface area contributed by atoms with E-state index in [1.165, 1.54) is 11.3 Å². The molecule has 1 aliphatic rings. The van der Waals surface area contributed by atoms with Crippen molar-refractivity contribution in [3.8, 4) is 0 Å². The molecule has 4 nitrogen and oxygen atoms in total. The van der Waals surface area contributed by atoms with Gasteiger partial charge in [0, 0.05) is 5.92 Å². The highest BCUT2D eigenvalue weighted by atomic mass is 32.2. The number of sulfone groups is 1. The van der Waals surface area contributed by atoms with Crippen LogP contribution in [0.2, 0.25) is 0 Å². The van der Waals surface area contributed by atoms with Crippen molar-refractivity contribution in [3.63, 3.8) is 0 Å². The number of thiazole rings is 1. The molecule has 0 spiro atoms. The zero-order valence-corrected chi connectivity index (χ0v) is 10.6. The summed E-state index contributed by atoms with van der Waals surface area (Å²) in [6.45, 7) is 1.78. The van der Waals surface area contributed by atoms with Crippen LogP contribution in [0.3, 0.4) is 0 Å². The standard InChI is InChI=1S/C10H13NO3S2/c1-7-9(5-12)15-10(11-7)8-3-2-4-16(13,14)6-8/h5,8H,2-4,6H2,1H3. The number of hydrogen-bond acceptors (Lipinski definition) is 5. The molecule has 1 aliphatic heterocycles. The Hall–Kier alpha value is -0.750. The summed E-state index contributed by atoms with van der Waals surface area (Å²) in [6, 6.07) is 0. The second-order valence-corrected chi connectivity index (χ2v) is 7.36. The predicted molar refractivity (Wildman–Crippen MR) is 62.9 cm³/mol. The van der Waals surface area contributed by atoms with Crippen molar-refractivity contribution in [1.29, 1.82) is 0 Å². The average Bonchev–Trinajstić information content (AvgIpc) is 2.58. The van der Waals surface area contributed by atoms with Gasteiger partial charge in [-0.2, -0.15) is 0 Å². The quantitative estimate of drug-likeness (QED) is 0.756. The van der Waals surface area contributed by atoms with Crippen LogP contribution in [0.4, 0.5) is 0 Å². The molecule has 2 rings (SSSR count). The van der Waals surface area contributed by atoms with E-state index < -0.39 is 9.84 Å². The zero-order valence-electron chi connectivity index (χ0n) is 8.97. The van der Waals surface area contributed by atoms with Crippen LogP contribution in [-0.4, -0.2) is 31.2 Å². The van der Waals surface area contributed by atoms with Gasteiger partial charge in [-0.05, 0) is 19.8 Å². The van der Waals surface area contributed by atoms with Crippen molar-refractivity contribution in [3.05, 3.63) is 15.6 Å². The van der Waals surface area contributed by atoms with Crippen LogP contribution in [0, 0.1) is 6.92 Å². The minimum absolute atomic E-state index is 0.0175. The Morgan fingerprint density at radius 3 is 2.81 bits per heavy atom. The molecule has 1 aromatic heterocycles. The van der Waals surface area contributed by atoms with Gasteiger partial charge in [0.15, 0.2) is 16.1 Å². The Labute approximate surface area is 98.6 Å². The number of nitrogens with zero attached hydrogens (tertiary/aromatic N) is 1. The van der Waals surface area contributed by atoms with Gasteiger partial charge in [-0.15, -0.1) is 11.3 Å². The highest BCUT2D eigenvalue weighted by molar-refractivity contribution is 7.91. The lowest BCUT2D eigenvalue weighted by Crippen LogP contribution is -2.23. The van der Waals surface area contributed by atoms with Crippen LogP contribution in [0.15, 0.2) is 0 Å². The van der Waals surface area contributed by atoms with E-state index in [0.717, 1.165) is 17.7 Å². The summed E-state index contributed by atoms with van der Waals surface area (Å²) in [4.78, 5) is 15.6. The van der Waals surface area contributed by atoms with Crippen LogP contribution in [0.5, 0.6) is 0 Å². The van der Waals surface area contributed by atoms with E-state index in [9.17, 15) is 13.2 Å². The van der Waals surface area contributed by atoms with Gasteiger partial charge in [0.25, 0.3) is 0 Å². The Bertz CT molecular complexity index is 504. The third-order valence-corrected chi connectivity index (χ3v) is 5.83. The summed E-state index contributed by atoms with van der Waals surface area (Å²) >= 11 is 1.32. The number of carbonyl (C=O) groups is 1. The maximum absolute atomic E-state index is 11.5. The normalized spacial score (nSPS) is 24.2. The predicted octanol–water partition coefficient (Wildman–Crippen LogP) is 1.56. The fourth-order valence-electron chi connectivity index (χ4n) is 1.93. The van der Waals surface area contributed by atoms with Gasteiger partial charge >= 0.3 is 0 Å². The smallest absolute Gasteiger partial charge is 0.161 e. The van der Waals surface area contributed by atoms with Gasteiger partial charge < -0.3 is 0 Å². The molecule has 0 saturated carbocycles. The second kappa shape index (κ2) is 4.25. The molecule has 0 aromatic carbocycles. The maximum atomic E-state index is 11.5. The number of hydrogen-bond donors (Lipinski definition) is 0. The molecule has 1 unspecified atom stereocenters. The molecule has 0 amide bonds. The van der Waals surface area contributed by atoms with Crippen molar-refractivity contribution in [2.45, 2.75) is 25.7 Å². The molecule has 6 heteroatoms. The first-order chi connectivity index (χ1) is 7.52. The van der Waals surface area contributed by atoms with Gasteiger partial charge in [0.1, 0.15) is 0 Å². The van der Waals surface area contributed by atoms with E-state index in [4.69, 9.17) is 0 Å². The van der Waals surface area contributed by atoms with Gasteiger partial charge in [-0.1, -0.05) is 0 Å². The minimum Gasteiger partial charge on any atom is -0.297 e. The molecule has 2 heterocycles. The topological polar surface area (TPSA) is 64.1 Å². The Morgan fingerprint density at radius 1 is 1.50 bits per heavy atom. The molecule has 88 valence electrons. The second-order valence-electron chi connectivity index (χ2n) is 4.07.